The number of hydrogen-bond donors (Lipinski definition) is 0. The first kappa shape index (κ1) is 17.9. The van der Waals surface area contributed by atoms with E-state index in [1.165, 1.54) is 12.8 Å². The first-order valence-corrected chi connectivity index (χ1v) is 8.23. The van der Waals surface area contributed by atoms with Crippen molar-refractivity contribution < 1.29 is 28.9 Å². The van der Waals surface area contributed by atoms with Crippen LogP contribution in [0.5, 0.6) is 0 Å². The summed E-state index contributed by atoms with van der Waals surface area (Å²) in [4.78, 5) is 10.8. The van der Waals surface area contributed by atoms with Crippen LogP contribution < -0.4 is 4.89 Å². The largest absolute Gasteiger partial charge is 2.00 e. The van der Waals surface area contributed by atoms with Gasteiger partial charge in [-0.1, -0.05) is 33.1 Å². The number of hydrogen-bond acceptors (Lipinski definition) is 4. The van der Waals surface area contributed by atoms with Crippen LogP contribution in [0.2, 0.25) is 0 Å². The molecular weight excluding hydrogens is 289 g/mol. The minimum atomic E-state index is -3.07. The van der Waals surface area contributed by atoms with Gasteiger partial charge in [-0.2, -0.15) is 0 Å². The van der Waals surface area contributed by atoms with E-state index >= 15 is 0 Å². The monoisotopic (exact) mass is 304 g/mol. The van der Waals surface area contributed by atoms with Crippen LogP contribution in [-0.2, 0) is 48.1 Å². The molecule has 0 aliphatic rings. The van der Waals surface area contributed by atoms with Gasteiger partial charge >= 0.3 is 19.5 Å². The summed E-state index contributed by atoms with van der Waals surface area (Å²) in [6, 6.07) is 0. The SMILES string of the molecule is CC(C)CCCCCOP([O-])(=S)[S-].[Zn+2]. The van der Waals surface area contributed by atoms with Crippen LogP contribution >= 0.6 is 5.69 Å². The van der Waals surface area contributed by atoms with Crippen molar-refractivity contribution in [3.8, 4) is 0 Å². The first-order chi connectivity index (χ1) is 5.92. The van der Waals surface area contributed by atoms with Gasteiger partial charge in [0.05, 0.1) is 0 Å². The zero-order valence-electron chi connectivity index (χ0n) is 8.90. The quantitative estimate of drug-likeness (QED) is 0.313. The van der Waals surface area contributed by atoms with Gasteiger partial charge < -0.3 is 21.7 Å². The summed E-state index contributed by atoms with van der Waals surface area (Å²) in [6.07, 6.45) is 4.44. The van der Waals surface area contributed by atoms with Crippen molar-refractivity contribution in [2.75, 3.05) is 6.61 Å². The molecule has 0 aromatic rings. The molecule has 0 rings (SSSR count). The zero-order chi connectivity index (χ0) is 10.3. The summed E-state index contributed by atoms with van der Waals surface area (Å²) in [7, 11) is 0. The van der Waals surface area contributed by atoms with Crippen molar-refractivity contribution in [2.24, 2.45) is 5.92 Å². The molecule has 1 atom stereocenters. The van der Waals surface area contributed by atoms with Crippen LogP contribution in [0.4, 0.5) is 0 Å². The Hall–Kier alpha value is 1.54. The molecule has 14 heavy (non-hydrogen) atoms. The average Bonchev–Trinajstić information content (AvgIpc) is 1.93. The van der Waals surface area contributed by atoms with E-state index in [0.717, 1.165) is 18.8 Å². The molecule has 0 heterocycles. The maximum atomic E-state index is 10.8. The van der Waals surface area contributed by atoms with Gasteiger partial charge in [-0.15, -0.1) is 17.5 Å². The van der Waals surface area contributed by atoms with E-state index in [0.29, 0.717) is 6.61 Å². The molecule has 0 radical (unpaired) electrons. The summed E-state index contributed by atoms with van der Waals surface area (Å²) >= 11 is 8.91. The van der Waals surface area contributed by atoms with E-state index in [4.69, 9.17) is 4.52 Å². The Morgan fingerprint density at radius 1 is 1.36 bits per heavy atom. The van der Waals surface area contributed by atoms with Crippen LogP contribution in [0.3, 0.4) is 0 Å². The van der Waals surface area contributed by atoms with Crippen LogP contribution in [0.25, 0.3) is 0 Å². The topological polar surface area (TPSA) is 32.3 Å². The molecule has 0 spiro atoms. The second-order valence-corrected chi connectivity index (χ2v) is 8.25. The van der Waals surface area contributed by atoms with Crippen molar-refractivity contribution in [1.82, 2.24) is 0 Å². The van der Waals surface area contributed by atoms with Crippen molar-refractivity contribution in [2.45, 2.75) is 39.5 Å². The predicted molar refractivity (Wildman–Crippen MR) is 60.9 cm³/mol. The summed E-state index contributed by atoms with van der Waals surface area (Å²) in [5, 5.41) is 0. The Balaban J connectivity index is 0. The van der Waals surface area contributed by atoms with E-state index in [9.17, 15) is 4.89 Å². The van der Waals surface area contributed by atoms with E-state index in [1.807, 2.05) is 0 Å². The Kier molecular flexibility index (Phi) is 12.5. The number of rotatable bonds is 7. The predicted octanol–water partition coefficient (Wildman–Crippen LogP) is 2.35. The van der Waals surface area contributed by atoms with Crippen molar-refractivity contribution >= 4 is 29.7 Å². The average molecular weight is 306 g/mol. The van der Waals surface area contributed by atoms with Crippen molar-refractivity contribution in [1.29, 1.82) is 0 Å². The van der Waals surface area contributed by atoms with Crippen LogP contribution in [0, 0.1) is 5.92 Å². The second-order valence-electron chi connectivity index (χ2n) is 3.52. The Bertz CT molecular complexity index is 173. The Morgan fingerprint density at radius 2 is 1.93 bits per heavy atom. The molecule has 0 bridgehead atoms. The molecule has 80 valence electrons. The van der Waals surface area contributed by atoms with Crippen LogP contribution in [0.1, 0.15) is 39.5 Å². The molecular formula is C8H17O2PS2Zn. The molecule has 0 amide bonds. The zero-order valence-corrected chi connectivity index (χ0v) is 14.4. The van der Waals surface area contributed by atoms with Crippen LogP contribution in [0.15, 0.2) is 0 Å². The maximum Gasteiger partial charge on any atom is 2.00 e. The van der Waals surface area contributed by atoms with E-state index in [2.05, 4.69) is 37.9 Å². The molecule has 0 fully saturated rings. The third kappa shape index (κ3) is 16.0. The normalized spacial score (nSPS) is 14.9. The molecule has 0 saturated carbocycles. The summed E-state index contributed by atoms with van der Waals surface area (Å²) in [5.74, 6) is 0.755. The van der Waals surface area contributed by atoms with Gasteiger partial charge in [-0.25, -0.2) is 0 Å². The van der Waals surface area contributed by atoms with Crippen molar-refractivity contribution in [3.05, 3.63) is 0 Å². The van der Waals surface area contributed by atoms with E-state index in [1.54, 1.807) is 0 Å². The van der Waals surface area contributed by atoms with Gasteiger partial charge in [0, 0.05) is 6.61 Å². The van der Waals surface area contributed by atoms with Gasteiger partial charge in [0.15, 0.2) is 0 Å². The molecule has 0 aliphatic carbocycles. The van der Waals surface area contributed by atoms with Gasteiger partial charge in [-0.3, -0.25) is 0 Å². The summed E-state index contributed by atoms with van der Waals surface area (Å²) in [5.41, 5.74) is -3.07. The maximum absolute atomic E-state index is 10.8. The van der Waals surface area contributed by atoms with Gasteiger partial charge in [0.25, 0.3) is 0 Å². The third-order valence-electron chi connectivity index (χ3n) is 1.68. The second kappa shape index (κ2) is 9.75. The Labute approximate surface area is 110 Å². The molecule has 0 aliphatic heterocycles. The molecule has 0 saturated heterocycles. The number of unbranched alkanes of at least 4 members (excludes halogenated alkanes) is 2. The molecule has 0 N–H and O–H groups in total. The molecule has 0 aromatic carbocycles. The molecule has 0 aromatic heterocycles. The van der Waals surface area contributed by atoms with Crippen LogP contribution in [-0.4, -0.2) is 6.61 Å². The fourth-order valence-electron chi connectivity index (χ4n) is 1.01. The summed E-state index contributed by atoms with van der Waals surface area (Å²) in [6.45, 7) is 4.86. The van der Waals surface area contributed by atoms with Gasteiger partial charge in [0.1, 0.15) is 0 Å². The Morgan fingerprint density at radius 3 is 2.36 bits per heavy atom. The molecule has 6 heteroatoms. The van der Waals surface area contributed by atoms with Crippen molar-refractivity contribution in [3.63, 3.8) is 0 Å². The molecule has 1 unspecified atom stereocenters. The van der Waals surface area contributed by atoms with E-state index < -0.39 is 5.69 Å². The molecule has 2 nitrogen and oxygen atoms in total. The third-order valence-corrected chi connectivity index (χ3v) is 2.81. The van der Waals surface area contributed by atoms with Gasteiger partial charge in [0.2, 0.25) is 0 Å². The standard InChI is InChI=1S/C8H19O2PS2.Zn/c1-8(2)6-4-3-5-7-10-11(9,12)13;/h8H,3-7H2,1-2H3,(H2,9,12,13);/q;+2/p-2. The fourth-order valence-corrected chi connectivity index (χ4v) is 1.81. The first-order valence-electron chi connectivity index (χ1n) is 4.58. The van der Waals surface area contributed by atoms with E-state index in [-0.39, 0.29) is 19.5 Å². The van der Waals surface area contributed by atoms with Gasteiger partial charge in [-0.05, 0) is 12.3 Å². The smallest absolute Gasteiger partial charge is 0.819 e. The summed E-state index contributed by atoms with van der Waals surface area (Å²) < 4.78 is 4.82. The fraction of sp³-hybridized carbons (Fsp3) is 1.00. The minimum absolute atomic E-state index is 0. The minimum Gasteiger partial charge on any atom is -0.819 e.